The summed E-state index contributed by atoms with van der Waals surface area (Å²) < 4.78 is 15.9. The summed E-state index contributed by atoms with van der Waals surface area (Å²) in [6.07, 6.45) is 2.13. The van der Waals surface area contributed by atoms with E-state index in [-0.39, 0.29) is 25.4 Å². The lowest BCUT2D eigenvalue weighted by Gasteiger charge is -2.21. The van der Waals surface area contributed by atoms with E-state index in [2.05, 4.69) is 10.6 Å². The molecule has 1 aliphatic heterocycles. The Kier molecular flexibility index (Phi) is 8.00. The number of ether oxygens (including phenoxy) is 3. The number of carbonyl (C=O) groups is 2. The molecule has 2 rings (SSSR count). The average molecular weight is 415 g/mol. The van der Waals surface area contributed by atoms with Crippen LogP contribution in [0.25, 0.3) is 0 Å². The largest absolute Gasteiger partial charge is 0.462 e. The van der Waals surface area contributed by atoms with Crippen LogP contribution in [0.1, 0.15) is 59.2 Å². The van der Waals surface area contributed by atoms with Crippen molar-refractivity contribution in [2.75, 3.05) is 25.1 Å². The third-order valence-electron chi connectivity index (χ3n) is 4.20. The molecule has 1 fully saturated rings. The van der Waals surface area contributed by atoms with Crippen LogP contribution in [-0.4, -0.2) is 49.0 Å². The number of thiocarbonyl (C=S) groups is 1. The second kappa shape index (κ2) is 10.0. The Morgan fingerprint density at radius 3 is 2.56 bits per heavy atom. The van der Waals surface area contributed by atoms with Gasteiger partial charge in [0.1, 0.15) is 9.88 Å². The van der Waals surface area contributed by atoms with Crippen molar-refractivity contribution in [2.24, 2.45) is 0 Å². The van der Waals surface area contributed by atoms with E-state index in [4.69, 9.17) is 26.4 Å². The molecule has 0 saturated carbocycles. The molecule has 0 spiro atoms. The standard InChI is InChI=1S/C18H26N2O5S2/c1-5-23-16(21)13-10(3)14(17(22)24-6-2)27-15(13)20-18(26)19-11(4)12-8-7-9-25-12/h11-12H,5-9H2,1-4H3,(H2,19,20,26)/t11-,12-/m0/s1. The lowest BCUT2D eigenvalue weighted by Crippen LogP contribution is -2.42. The number of hydrogen-bond donors (Lipinski definition) is 2. The quantitative estimate of drug-likeness (QED) is 0.519. The first-order chi connectivity index (χ1) is 12.9. The van der Waals surface area contributed by atoms with E-state index < -0.39 is 11.9 Å². The molecule has 0 aliphatic carbocycles. The maximum absolute atomic E-state index is 12.4. The van der Waals surface area contributed by atoms with Crippen LogP contribution in [0.4, 0.5) is 5.00 Å². The molecular formula is C18H26N2O5S2. The first kappa shape index (κ1) is 21.6. The molecule has 1 saturated heterocycles. The van der Waals surface area contributed by atoms with Gasteiger partial charge in [0.2, 0.25) is 0 Å². The monoisotopic (exact) mass is 414 g/mol. The molecule has 1 aromatic rings. The first-order valence-corrected chi connectivity index (χ1v) is 10.3. The molecule has 0 radical (unpaired) electrons. The van der Waals surface area contributed by atoms with Crippen LogP contribution in [0.2, 0.25) is 0 Å². The molecule has 0 unspecified atom stereocenters. The smallest absolute Gasteiger partial charge is 0.348 e. The molecule has 2 atom stereocenters. The average Bonchev–Trinajstić information content (AvgIpc) is 3.23. The van der Waals surface area contributed by atoms with Gasteiger partial charge in [0.05, 0.1) is 30.9 Å². The van der Waals surface area contributed by atoms with Gasteiger partial charge in [-0.15, -0.1) is 11.3 Å². The highest BCUT2D eigenvalue weighted by Crippen LogP contribution is 2.34. The van der Waals surface area contributed by atoms with Crippen LogP contribution in [0, 0.1) is 6.92 Å². The van der Waals surface area contributed by atoms with Gasteiger partial charge in [0, 0.05) is 6.61 Å². The summed E-state index contributed by atoms with van der Waals surface area (Å²) in [5.41, 5.74) is 0.827. The maximum Gasteiger partial charge on any atom is 0.348 e. The molecule has 0 bridgehead atoms. The Morgan fingerprint density at radius 2 is 1.96 bits per heavy atom. The molecule has 0 amide bonds. The van der Waals surface area contributed by atoms with Gasteiger partial charge in [0.25, 0.3) is 0 Å². The van der Waals surface area contributed by atoms with Gasteiger partial charge in [-0.25, -0.2) is 9.59 Å². The normalized spacial score (nSPS) is 17.3. The SMILES string of the molecule is CCOC(=O)c1sc(NC(=S)N[C@@H](C)[C@@H]2CCCO2)c(C(=O)OCC)c1C. The number of rotatable bonds is 7. The van der Waals surface area contributed by atoms with Gasteiger partial charge in [-0.3, -0.25) is 0 Å². The molecule has 2 N–H and O–H groups in total. The Labute approximate surface area is 168 Å². The zero-order chi connectivity index (χ0) is 20.0. The number of anilines is 1. The Bertz CT molecular complexity index is 698. The van der Waals surface area contributed by atoms with E-state index in [1.807, 2.05) is 6.92 Å². The van der Waals surface area contributed by atoms with Crippen molar-refractivity contribution in [3.8, 4) is 0 Å². The minimum absolute atomic E-state index is 0.0316. The van der Waals surface area contributed by atoms with E-state index >= 15 is 0 Å². The lowest BCUT2D eigenvalue weighted by atomic mass is 10.1. The predicted octanol–water partition coefficient (Wildman–Crippen LogP) is 3.26. The van der Waals surface area contributed by atoms with Gasteiger partial charge in [-0.1, -0.05) is 0 Å². The van der Waals surface area contributed by atoms with Crippen LogP contribution >= 0.6 is 23.6 Å². The predicted molar refractivity (Wildman–Crippen MR) is 109 cm³/mol. The zero-order valence-corrected chi connectivity index (χ0v) is 17.7. The second-order valence-electron chi connectivity index (χ2n) is 6.14. The minimum Gasteiger partial charge on any atom is -0.462 e. The van der Waals surface area contributed by atoms with E-state index in [0.717, 1.165) is 30.8 Å². The fourth-order valence-corrected chi connectivity index (χ4v) is 4.32. The Balaban J connectivity index is 2.19. The minimum atomic E-state index is -0.501. The van der Waals surface area contributed by atoms with Crippen molar-refractivity contribution in [3.05, 3.63) is 16.0 Å². The molecule has 7 nitrogen and oxygen atoms in total. The van der Waals surface area contributed by atoms with Crippen molar-refractivity contribution in [3.63, 3.8) is 0 Å². The van der Waals surface area contributed by atoms with Crippen LogP contribution in [0.5, 0.6) is 0 Å². The van der Waals surface area contributed by atoms with Crippen LogP contribution < -0.4 is 10.6 Å². The van der Waals surface area contributed by atoms with Gasteiger partial charge in [-0.05, 0) is 58.3 Å². The number of esters is 2. The number of nitrogens with one attached hydrogen (secondary N) is 2. The third kappa shape index (κ3) is 5.40. The van der Waals surface area contributed by atoms with Crippen molar-refractivity contribution in [1.29, 1.82) is 0 Å². The van der Waals surface area contributed by atoms with Gasteiger partial charge in [0.15, 0.2) is 5.11 Å². The van der Waals surface area contributed by atoms with Crippen LogP contribution in [-0.2, 0) is 14.2 Å². The van der Waals surface area contributed by atoms with Crippen molar-refractivity contribution in [1.82, 2.24) is 5.32 Å². The van der Waals surface area contributed by atoms with Crippen molar-refractivity contribution < 1.29 is 23.8 Å². The summed E-state index contributed by atoms with van der Waals surface area (Å²) in [6, 6.07) is 0.0316. The molecule has 27 heavy (non-hydrogen) atoms. The van der Waals surface area contributed by atoms with Crippen molar-refractivity contribution in [2.45, 2.75) is 52.7 Å². The number of carbonyl (C=O) groups excluding carboxylic acids is 2. The van der Waals surface area contributed by atoms with E-state index in [0.29, 0.717) is 26.1 Å². The van der Waals surface area contributed by atoms with Gasteiger partial charge >= 0.3 is 11.9 Å². The summed E-state index contributed by atoms with van der Waals surface area (Å²) >= 11 is 6.52. The topological polar surface area (TPSA) is 85.9 Å². The number of hydrogen-bond acceptors (Lipinski definition) is 7. The molecule has 150 valence electrons. The summed E-state index contributed by atoms with van der Waals surface area (Å²) in [6.45, 7) is 8.42. The van der Waals surface area contributed by atoms with Crippen molar-refractivity contribution >= 4 is 45.6 Å². The lowest BCUT2D eigenvalue weighted by molar-refractivity contribution is 0.0527. The molecule has 2 heterocycles. The summed E-state index contributed by atoms with van der Waals surface area (Å²) in [5, 5.41) is 7.05. The Hall–Kier alpha value is -1.71. The van der Waals surface area contributed by atoms with Crippen LogP contribution in [0.15, 0.2) is 0 Å². The third-order valence-corrected chi connectivity index (χ3v) is 5.60. The molecule has 9 heteroatoms. The number of thiophene rings is 1. The Morgan fingerprint density at radius 1 is 1.30 bits per heavy atom. The van der Waals surface area contributed by atoms with E-state index in [1.54, 1.807) is 20.8 Å². The van der Waals surface area contributed by atoms with Crippen LogP contribution in [0.3, 0.4) is 0 Å². The second-order valence-corrected chi connectivity index (χ2v) is 7.57. The zero-order valence-electron chi connectivity index (χ0n) is 16.0. The van der Waals surface area contributed by atoms with Gasteiger partial charge in [-0.2, -0.15) is 0 Å². The van der Waals surface area contributed by atoms with Gasteiger partial charge < -0.3 is 24.8 Å². The summed E-state index contributed by atoms with van der Waals surface area (Å²) in [4.78, 5) is 25.0. The molecule has 1 aliphatic rings. The maximum atomic E-state index is 12.4. The summed E-state index contributed by atoms with van der Waals surface area (Å²) in [5.74, 6) is -0.968. The molecule has 1 aromatic heterocycles. The fraction of sp³-hybridized carbons (Fsp3) is 0.611. The molecule has 0 aromatic carbocycles. The first-order valence-electron chi connectivity index (χ1n) is 9.05. The molecular weight excluding hydrogens is 388 g/mol. The van der Waals surface area contributed by atoms with E-state index in [9.17, 15) is 9.59 Å². The fourth-order valence-electron chi connectivity index (χ4n) is 2.88. The highest BCUT2D eigenvalue weighted by atomic mass is 32.1. The highest BCUT2D eigenvalue weighted by molar-refractivity contribution is 7.80. The van der Waals surface area contributed by atoms with E-state index in [1.165, 1.54) is 0 Å². The highest BCUT2D eigenvalue weighted by Gasteiger charge is 2.28. The summed E-state index contributed by atoms with van der Waals surface area (Å²) in [7, 11) is 0.